The van der Waals surface area contributed by atoms with E-state index >= 15 is 0 Å². The van der Waals surface area contributed by atoms with E-state index in [4.69, 9.17) is 28.9 Å². The zero-order valence-electron chi connectivity index (χ0n) is 33.9. The lowest BCUT2D eigenvalue weighted by atomic mass is 9.78. The second-order valence-electron chi connectivity index (χ2n) is 15.9. The number of carbonyl (C=O) groups excluding carboxylic acids is 2. The Kier molecular flexibility index (Phi) is 11.9. The number of hydrogen-bond donors (Lipinski definition) is 6. The van der Waals surface area contributed by atoms with E-state index in [9.17, 15) is 35.4 Å². The van der Waals surface area contributed by atoms with Crippen LogP contribution in [0.15, 0.2) is 46.1 Å². The number of ether oxygens (including phenoxy) is 4. The molecule has 4 bridgehead atoms. The van der Waals surface area contributed by atoms with Gasteiger partial charge < -0.3 is 44.7 Å². The second kappa shape index (κ2) is 16.1. The Morgan fingerprint density at radius 2 is 1.65 bits per heavy atom. The van der Waals surface area contributed by atoms with Gasteiger partial charge in [0.1, 0.15) is 34.4 Å². The molecule has 1 amide bonds. The molecule has 2 aromatic rings. The average Bonchev–Trinajstić information content (AvgIpc) is 3.67. The van der Waals surface area contributed by atoms with Gasteiger partial charge in [-0.2, -0.15) is 11.8 Å². The SMILES string of the molecule is CO[C@H]1C=CO[C@@]2(C)Oc3c(C)c(O)c4c(O)c(c5c(c4c3C2=N)=NC2(CCSCC2)N=5)NC(=O)C(C)=C/C=C\[C@H](C)[C@H](O)[C@@H](C)[C@@H](O)[C@@H](C)[C@H](OC(C)=O)[C@@H]1C. The van der Waals surface area contributed by atoms with Crippen LogP contribution in [-0.4, -0.2) is 92.5 Å². The summed E-state index contributed by atoms with van der Waals surface area (Å²) in [5.41, 5.74) is -0.214. The molecule has 1 spiro atoms. The highest BCUT2D eigenvalue weighted by atomic mass is 32.2. The number of phenols is 2. The lowest BCUT2D eigenvalue weighted by Gasteiger charge is -2.38. The number of nitrogens with one attached hydrogen (secondary N) is 2. The number of phenolic OH excluding ortho intramolecular Hbond substituents is 2. The standard InChI is InChI=1S/C42H54N4O10S/c1-19-11-10-12-20(2)40(52)44-32-31-30(45-42(46-31)14-17-57-18-15-42)27-28(36(32)51)35(50)24(6)38-29(27)39(43)41(8,56-38)54-16-13-26(53-9)21(3)37(55-25(7)47)23(5)34(49)22(4)33(19)48/h10-13,16,19,21-23,26,33-34,37,43,48-51H,14-15,17-18H2,1-9H3,(H,44,52)/b11-10-,16-13?,20-12?,43-39?/t19-,21+,22+,23+,26-,33-,34+,37+,41-/m0/s1. The summed E-state index contributed by atoms with van der Waals surface area (Å²) in [6, 6.07) is 0. The summed E-state index contributed by atoms with van der Waals surface area (Å²) in [6.07, 6.45) is 5.44. The molecule has 0 saturated carbocycles. The van der Waals surface area contributed by atoms with Gasteiger partial charge in [-0.05, 0) is 31.4 Å². The Morgan fingerprint density at radius 1 is 0.982 bits per heavy atom. The van der Waals surface area contributed by atoms with Crippen molar-refractivity contribution in [1.82, 2.24) is 0 Å². The Bertz CT molecular complexity index is 2200. The second-order valence-corrected chi connectivity index (χ2v) is 17.1. The lowest BCUT2D eigenvalue weighted by molar-refractivity contribution is -0.160. The van der Waals surface area contributed by atoms with E-state index in [0.29, 0.717) is 18.2 Å². The van der Waals surface area contributed by atoms with E-state index in [-0.39, 0.29) is 55.7 Å². The van der Waals surface area contributed by atoms with Crippen LogP contribution in [0, 0.1) is 36.0 Å². The molecule has 0 radical (unpaired) electrons. The van der Waals surface area contributed by atoms with E-state index in [2.05, 4.69) is 5.32 Å². The van der Waals surface area contributed by atoms with Gasteiger partial charge in [0.05, 0.1) is 40.9 Å². The molecular weight excluding hydrogens is 753 g/mol. The highest BCUT2D eigenvalue weighted by Crippen LogP contribution is 2.50. The maximum atomic E-state index is 13.8. The summed E-state index contributed by atoms with van der Waals surface area (Å²) >= 11 is 1.79. The molecule has 1 saturated heterocycles. The average molecular weight is 807 g/mol. The molecule has 1 fully saturated rings. The monoisotopic (exact) mass is 806 g/mol. The Hall–Kier alpha value is -4.44. The van der Waals surface area contributed by atoms with Gasteiger partial charge >= 0.3 is 5.97 Å². The van der Waals surface area contributed by atoms with Gasteiger partial charge in [0.2, 0.25) is 0 Å². The van der Waals surface area contributed by atoms with Crippen molar-refractivity contribution in [1.29, 1.82) is 5.41 Å². The third-order valence-corrected chi connectivity index (χ3v) is 13.0. The molecule has 6 rings (SSSR count). The van der Waals surface area contributed by atoms with E-state index in [1.807, 2.05) is 6.92 Å². The van der Waals surface area contributed by atoms with Crippen molar-refractivity contribution in [2.75, 3.05) is 23.9 Å². The van der Waals surface area contributed by atoms with Crippen LogP contribution in [0.1, 0.15) is 72.4 Å². The van der Waals surface area contributed by atoms with Crippen LogP contribution >= 0.6 is 11.8 Å². The normalized spacial score (nSPS) is 32.2. The van der Waals surface area contributed by atoms with Crippen LogP contribution in [0.3, 0.4) is 0 Å². The highest BCUT2D eigenvalue weighted by molar-refractivity contribution is 7.99. The zero-order chi connectivity index (χ0) is 41.7. The fourth-order valence-electron chi connectivity index (χ4n) is 8.32. The largest absolute Gasteiger partial charge is 0.507 e. The molecule has 4 aliphatic rings. The number of thioether (sulfide) groups is 1. The first-order valence-electron chi connectivity index (χ1n) is 19.3. The predicted molar refractivity (Wildman–Crippen MR) is 216 cm³/mol. The number of amides is 1. The number of nitrogens with zero attached hydrogens (tertiary/aromatic N) is 2. The third kappa shape index (κ3) is 7.54. The molecule has 0 aromatic heterocycles. The molecule has 57 heavy (non-hydrogen) atoms. The minimum atomic E-state index is -1.72. The van der Waals surface area contributed by atoms with E-state index in [1.54, 1.807) is 77.6 Å². The van der Waals surface area contributed by atoms with Crippen LogP contribution in [0.4, 0.5) is 5.69 Å². The number of hydrogen-bond acceptors (Lipinski definition) is 14. The maximum Gasteiger partial charge on any atom is 0.302 e. The molecule has 4 heterocycles. The Morgan fingerprint density at radius 3 is 2.30 bits per heavy atom. The summed E-state index contributed by atoms with van der Waals surface area (Å²) in [6.45, 7) is 13.1. The number of esters is 1. The smallest absolute Gasteiger partial charge is 0.302 e. The number of aromatic hydroxyl groups is 2. The number of allylic oxidation sites excluding steroid dienone is 2. The molecule has 15 heteroatoms. The molecule has 0 aliphatic carbocycles. The van der Waals surface area contributed by atoms with Crippen LogP contribution in [0.5, 0.6) is 17.2 Å². The molecule has 9 atom stereocenters. The fourth-order valence-corrected chi connectivity index (χ4v) is 9.47. The first-order valence-corrected chi connectivity index (χ1v) is 20.5. The van der Waals surface area contributed by atoms with Crippen molar-refractivity contribution in [2.24, 2.45) is 33.7 Å². The number of fused-ring (bicyclic) bond motifs is 1. The lowest BCUT2D eigenvalue weighted by Crippen LogP contribution is -2.46. The topological polar surface area (TPSA) is 213 Å². The molecule has 4 aliphatic heterocycles. The number of carbonyl (C=O) groups is 2. The van der Waals surface area contributed by atoms with Crippen LogP contribution in [0.25, 0.3) is 10.8 Å². The zero-order valence-corrected chi connectivity index (χ0v) is 34.7. The molecule has 0 unspecified atom stereocenters. The first-order chi connectivity index (χ1) is 26.9. The van der Waals surface area contributed by atoms with Crippen molar-refractivity contribution in [3.63, 3.8) is 0 Å². The molecule has 308 valence electrons. The van der Waals surface area contributed by atoms with E-state index < -0.39 is 77.2 Å². The Balaban J connectivity index is 1.55. The van der Waals surface area contributed by atoms with Gasteiger partial charge in [-0.15, -0.1) is 0 Å². The molecular formula is C42H54N4O10S. The van der Waals surface area contributed by atoms with Crippen molar-refractivity contribution in [3.05, 3.63) is 58.0 Å². The van der Waals surface area contributed by atoms with Crippen molar-refractivity contribution < 1.29 is 49.0 Å². The van der Waals surface area contributed by atoms with Crippen LogP contribution < -0.4 is 20.8 Å². The first kappa shape index (κ1) is 42.2. The van der Waals surface area contributed by atoms with Crippen LogP contribution in [0.2, 0.25) is 0 Å². The van der Waals surface area contributed by atoms with Gasteiger partial charge in [-0.25, -0.2) is 0 Å². The number of aliphatic hydroxyl groups excluding tert-OH is 2. The number of rotatable bonds is 2. The summed E-state index contributed by atoms with van der Waals surface area (Å²) in [5.74, 6) is -4.07. The number of benzene rings is 2. The summed E-state index contributed by atoms with van der Waals surface area (Å²) < 4.78 is 24.2. The summed E-state index contributed by atoms with van der Waals surface area (Å²) in [7, 11) is 1.49. The van der Waals surface area contributed by atoms with Gasteiger partial charge in [0.25, 0.3) is 11.7 Å². The maximum absolute atomic E-state index is 13.8. The number of aliphatic hydroxyl groups is 2. The van der Waals surface area contributed by atoms with Crippen LogP contribution in [-0.2, 0) is 23.8 Å². The quantitative estimate of drug-likeness (QED) is 0.181. The van der Waals surface area contributed by atoms with Gasteiger partial charge in [-0.1, -0.05) is 45.9 Å². The summed E-state index contributed by atoms with van der Waals surface area (Å²) in [4.78, 5) is 36.3. The minimum absolute atomic E-state index is 0.0105. The van der Waals surface area contributed by atoms with Crippen molar-refractivity contribution in [2.45, 2.75) is 104 Å². The summed E-state index contributed by atoms with van der Waals surface area (Å²) in [5, 5.41) is 59.8. The van der Waals surface area contributed by atoms with Crippen molar-refractivity contribution >= 4 is 45.8 Å². The third-order valence-electron chi connectivity index (χ3n) is 12.0. The minimum Gasteiger partial charge on any atom is -0.507 e. The molecule has 6 N–H and O–H groups in total. The fraction of sp³-hybridized carbons (Fsp3) is 0.548. The van der Waals surface area contributed by atoms with Gasteiger partial charge in [0, 0.05) is 74.0 Å². The van der Waals surface area contributed by atoms with Gasteiger partial charge in [0.15, 0.2) is 11.4 Å². The van der Waals surface area contributed by atoms with Crippen molar-refractivity contribution in [3.8, 4) is 17.2 Å². The highest BCUT2D eigenvalue weighted by Gasteiger charge is 2.47. The number of anilines is 1. The van der Waals surface area contributed by atoms with E-state index in [0.717, 1.165) is 11.5 Å². The van der Waals surface area contributed by atoms with E-state index in [1.165, 1.54) is 20.3 Å². The Labute approximate surface area is 336 Å². The molecule has 2 aromatic carbocycles. The van der Waals surface area contributed by atoms with Gasteiger partial charge in [-0.3, -0.25) is 25.0 Å². The number of methoxy groups -OCH3 is 1. The predicted octanol–water partition coefficient (Wildman–Crippen LogP) is 4.71. The molecule has 14 nitrogen and oxygen atoms in total.